The highest BCUT2D eigenvalue weighted by molar-refractivity contribution is 5.86. The molecule has 0 saturated carbocycles. The lowest BCUT2D eigenvalue weighted by atomic mass is 9.94. The molecule has 0 unspecified atom stereocenters. The maximum absolute atomic E-state index is 12.4. The van der Waals surface area contributed by atoms with Crippen molar-refractivity contribution in [3.05, 3.63) is 0 Å². The van der Waals surface area contributed by atoms with Crippen molar-refractivity contribution in [1.82, 2.24) is 31.9 Å². The molecule has 4 atom stereocenters. The average Bonchev–Trinajstić information content (AvgIpc) is 0.930. The molecular weight excluding hydrogens is 1500 g/mol. The topological polar surface area (TPSA) is 486 Å². The number of carboxylic acid groups (broad SMARTS) is 5. The molecule has 0 heterocycles. The van der Waals surface area contributed by atoms with E-state index < -0.39 is 41.8 Å². The fourth-order valence-corrected chi connectivity index (χ4v) is 11.8. The van der Waals surface area contributed by atoms with Gasteiger partial charge in [-0.1, -0.05) is 122 Å². The van der Waals surface area contributed by atoms with Crippen LogP contribution in [-0.2, 0) is 105 Å². The zero-order valence-electron chi connectivity index (χ0n) is 69.7. The van der Waals surface area contributed by atoms with Crippen molar-refractivity contribution < 1.29 is 131 Å². The van der Waals surface area contributed by atoms with Crippen LogP contribution in [0.2, 0.25) is 0 Å². The molecule has 0 aromatic heterocycles. The Labute approximate surface area is 682 Å². The Morgan fingerprint density at radius 3 is 1.07 bits per heavy atom. The molecule has 11 N–H and O–H groups in total. The van der Waals surface area contributed by atoms with Gasteiger partial charge in [-0.25, -0.2) is 4.79 Å². The molecule has 0 aliphatic carbocycles. The van der Waals surface area contributed by atoms with Gasteiger partial charge in [0, 0.05) is 97.2 Å². The Balaban J connectivity index is 0. The highest BCUT2D eigenvalue weighted by Crippen LogP contribution is 2.19. The average molecular weight is 1650 g/mol. The van der Waals surface area contributed by atoms with Crippen molar-refractivity contribution in [2.24, 2.45) is 11.8 Å². The minimum Gasteiger partial charge on any atom is -0.481 e. The molecule has 115 heavy (non-hydrogen) atoms. The number of rotatable bonds is 86. The summed E-state index contributed by atoms with van der Waals surface area (Å²) < 4.78 is 42.9. The molecule has 0 aliphatic rings. The van der Waals surface area contributed by atoms with E-state index in [0.717, 1.165) is 154 Å². The van der Waals surface area contributed by atoms with E-state index in [4.69, 9.17) is 48.1 Å². The number of ketones is 4. The number of amides is 5. The number of ether oxygens (including phenoxy) is 8. The lowest BCUT2D eigenvalue weighted by molar-refractivity contribution is -0.144. The summed E-state index contributed by atoms with van der Waals surface area (Å²) in [5.41, 5.74) is 0. The van der Waals surface area contributed by atoms with E-state index in [1.165, 1.54) is 0 Å². The molecule has 0 fully saturated rings. The Bertz CT molecular complexity index is 2600. The molecule has 5 amide bonds. The highest BCUT2D eigenvalue weighted by atomic mass is 16.5. The van der Waals surface area contributed by atoms with Gasteiger partial charge in [0.1, 0.15) is 49.8 Å². The summed E-state index contributed by atoms with van der Waals surface area (Å²) in [4.78, 5) is 164. The second kappa shape index (κ2) is 80.8. The minimum absolute atomic E-state index is 0.00313. The van der Waals surface area contributed by atoms with E-state index in [1.54, 1.807) is 14.0 Å². The fourth-order valence-electron chi connectivity index (χ4n) is 11.8. The first-order chi connectivity index (χ1) is 55.4. The number of aliphatic carboxylic acids is 5. The van der Waals surface area contributed by atoms with Crippen molar-refractivity contribution in [3.8, 4) is 0 Å². The normalized spacial score (nSPS) is 12.1. The summed E-state index contributed by atoms with van der Waals surface area (Å²) in [5.74, 6) is -7.31. The summed E-state index contributed by atoms with van der Waals surface area (Å²) >= 11 is 0. The zero-order valence-corrected chi connectivity index (χ0v) is 69.7. The maximum atomic E-state index is 12.4. The third kappa shape index (κ3) is 79.3. The highest BCUT2D eigenvalue weighted by Gasteiger charge is 2.24. The molecule has 33 heteroatoms. The van der Waals surface area contributed by atoms with Crippen LogP contribution in [0.15, 0.2) is 0 Å². The van der Waals surface area contributed by atoms with Gasteiger partial charge in [0.05, 0.1) is 83.9 Å². The van der Waals surface area contributed by atoms with Gasteiger partial charge in [-0.3, -0.25) is 62.3 Å². The van der Waals surface area contributed by atoms with Crippen LogP contribution >= 0.6 is 0 Å². The second-order valence-electron chi connectivity index (χ2n) is 28.8. The lowest BCUT2D eigenvalue weighted by Gasteiger charge is -2.14. The Kier molecular flexibility index (Phi) is 77.3. The number of nitrogens with one attached hydrogen (secondary N) is 6. The third-order valence-electron chi connectivity index (χ3n) is 18.5. The van der Waals surface area contributed by atoms with Crippen LogP contribution in [0.4, 0.5) is 0 Å². The number of carbonyl (C=O) groups is 14. The molecule has 0 saturated heterocycles. The molecule has 0 aromatic rings. The summed E-state index contributed by atoms with van der Waals surface area (Å²) in [6.45, 7) is 7.74. The predicted octanol–water partition coefficient (Wildman–Crippen LogP) is 8.61. The molecule has 666 valence electrons. The Morgan fingerprint density at radius 2 is 0.652 bits per heavy atom. The van der Waals surface area contributed by atoms with E-state index in [-0.39, 0.29) is 221 Å². The van der Waals surface area contributed by atoms with Crippen LogP contribution in [0.1, 0.15) is 277 Å². The minimum atomic E-state index is -1.17. The van der Waals surface area contributed by atoms with Crippen LogP contribution in [0.5, 0.6) is 0 Å². The van der Waals surface area contributed by atoms with Gasteiger partial charge < -0.3 is 95.3 Å². The quantitative estimate of drug-likeness (QED) is 0.0254. The van der Waals surface area contributed by atoms with E-state index in [0.29, 0.717) is 84.3 Å². The monoisotopic (exact) mass is 1650 g/mol. The standard InChI is InChI=1S/C41H73N3O14.C41H73N3O13/c1-2-16-33(40(51)52)17-13-14-23-42-37(47)31-58-30-28-56-26-24-43-38(48)32-57-29-27-55-25-15-18-34(45)21-22-35(41(53)54)44-36(46)19-11-9-7-5-3-4-6-8-10-12-20-39(49)50;1-33(45)37(42-2)18-13-14-22-43-39(49)32-57-29-26-54-24-15-17-36(47)31-56-28-27-55-25-23-44-38(48)21-20-34(41(52)53)30-35(46)16-11-9-7-5-3-4-6-8-10-12-19-40(50)51/h33,35H,2-32H2,1H3,(H,42,47)(H,43,48)(H,44,46)(H,49,50)(H,51,52)(H,53,54);34,37,42H,3-32H2,1-2H3,(H,43,49)(H,44,48)(H,50,51)(H,52,53)/t33-,35-;34-,37+/m01/s1. The smallest absolute Gasteiger partial charge is 0.326 e. The summed E-state index contributed by atoms with van der Waals surface area (Å²) in [6, 6.07) is -1.26. The maximum Gasteiger partial charge on any atom is 0.326 e. The first kappa shape index (κ1) is 110. The number of likely N-dealkylation sites (N-methyl/N-ethyl adjacent to an activating group) is 1. The third-order valence-corrected chi connectivity index (χ3v) is 18.5. The molecule has 0 radical (unpaired) electrons. The van der Waals surface area contributed by atoms with Crippen LogP contribution in [0.25, 0.3) is 0 Å². The largest absolute Gasteiger partial charge is 0.481 e. The lowest BCUT2D eigenvalue weighted by Crippen LogP contribution is -2.41. The Hall–Kier alpha value is -6.98. The van der Waals surface area contributed by atoms with Crippen LogP contribution in [-0.4, -0.2) is 259 Å². The number of hydrogen-bond donors (Lipinski definition) is 11. The number of unbranched alkanes of at least 4 members (excludes halogenated alkanes) is 20. The van der Waals surface area contributed by atoms with E-state index in [9.17, 15) is 82.4 Å². The SMILES string of the molecule is CCC[C@@H](CCCCNC(=O)COCCOCCNC(=O)COCCOCCCC(=O)CC[C@H](NC(=O)CCCCCCCCCCCCC(=O)O)C(=O)O)C(=O)O.CN[C@@H](CCCCNC(=O)COCCOCCCC(=O)COCCOCCNC(=O)CC[C@H](CC(=O)CCCCCCCCCCCCC(=O)O)C(=O)O)C(C)=O. The van der Waals surface area contributed by atoms with Crippen LogP contribution in [0.3, 0.4) is 0 Å². The number of carbonyl (C=O) groups excluding carboxylic acids is 9. The molecule has 0 rings (SSSR count). The van der Waals surface area contributed by atoms with Gasteiger partial charge in [-0.2, -0.15) is 0 Å². The summed E-state index contributed by atoms with van der Waals surface area (Å²) in [6.07, 6.45) is 28.0. The van der Waals surface area contributed by atoms with Gasteiger partial charge in [0.2, 0.25) is 29.5 Å². The van der Waals surface area contributed by atoms with Crippen LogP contribution in [0, 0.1) is 11.8 Å². The molecule has 33 nitrogen and oxygen atoms in total. The predicted molar refractivity (Wildman–Crippen MR) is 429 cm³/mol. The molecule has 0 bridgehead atoms. The van der Waals surface area contributed by atoms with Gasteiger partial charge >= 0.3 is 29.8 Å². The van der Waals surface area contributed by atoms with Crippen molar-refractivity contribution in [3.63, 3.8) is 0 Å². The number of Topliss-reactive ketones (excluding diaryl/α,β-unsaturated/α-hetero) is 4. The number of hydrogen-bond acceptors (Lipinski definition) is 23. The van der Waals surface area contributed by atoms with E-state index in [1.807, 2.05) is 6.92 Å². The zero-order chi connectivity index (χ0) is 85.4. The first-order valence-corrected chi connectivity index (χ1v) is 42.2. The van der Waals surface area contributed by atoms with E-state index >= 15 is 0 Å². The summed E-state index contributed by atoms with van der Waals surface area (Å²) in [5, 5.41) is 61.9. The van der Waals surface area contributed by atoms with E-state index in [2.05, 4.69) is 31.9 Å². The molecular formula is C82H146N6O27. The number of carboxylic acids is 5. The van der Waals surface area contributed by atoms with Crippen molar-refractivity contribution in [2.45, 2.75) is 289 Å². The molecule has 0 aliphatic heterocycles. The first-order valence-electron chi connectivity index (χ1n) is 42.2. The van der Waals surface area contributed by atoms with Gasteiger partial charge in [-0.05, 0) is 104 Å². The fraction of sp³-hybridized carbons (Fsp3) is 0.829. The van der Waals surface area contributed by atoms with Crippen molar-refractivity contribution >= 4 is 82.5 Å². The van der Waals surface area contributed by atoms with Gasteiger partial charge in [-0.15, -0.1) is 0 Å². The summed E-state index contributed by atoms with van der Waals surface area (Å²) in [7, 11) is 1.76. The van der Waals surface area contributed by atoms with Crippen LogP contribution < -0.4 is 31.9 Å². The Morgan fingerprint density at radius 1 is 0.278 bits per heavy atom. The van der Waals surface area contributed by atoms with Gasteiger partial charge in [0.25, 0.3) is 0 Å². The van der Waals surface area contributed by atoms with Gasteiger partial charge in [0.15, 0.2) is 5.78 Å². The molecule has 0 spiro atoms. The molecule has 0 aromatic carbocycles. The van der Waals surface area contributed by atoms with Crippen molar-refractivity contribution in [1.29, 1.82) is 0 Å². The van der Waals surface area contributed by atoms with Crippen molar-refractivity contribution in [2.75, 3.05) is 139 Å². The second-order valence-corrected chi connectivity index (χ2v) is 28.8.